The summed E-state index contributed by atoms with van der Waals surface area (Å²) in [7, 11) is 0. The van der Waals surface area contributed by atoms with Gasteiger partial charge in [0.15, 0.2) is 5.17 Å². The molecule has 3 nitrogen and oxygen atoms in total. The molecule has 0 spiro atoms. The van der Waals surface area contributed by atoms with Crippen molar-refractivity contribution in [1.82, 2.24) is 5.32 Å². The lowest BCUT2D eigenvalue weighted by Gasteiger charge is -2.31. The van der Waals surface area contributed by atoms with Gasteiger partial charge in [-0.3, -0.25) is 4.79 Å². The summed E-state index contributed by atoms with van der Waals surface area (Å²) >= 11 is -1.12. The lowest BCUT2D eigenvalue weighted by Crippen LogP contribution is -2.55. The fraction of sp³-hybridized carbons (Fsp3) is 0.333. The lowest BCUT2D eigenvalue weighted by molar-refractivity contribution is -0.280. The summed E-state index contributed by atoms with van der Waals surface area (Å²) in [5.74, 6) is -5.50. The largest absolute Gasteiger partial charge is 0.443 e. The molecular weight excluding hydrogens is 503 g/mol. The van der Waals surface area contributed by atoms with Crippen LogP contribution in [0.3, 0.4) is 0 Å². The summed E-state index contributed by atoms with van der Waals surface area (Å²) in [4.78, 5) is 11.1. The molecule has 0 fully saturated rings. The average Bonchev–Trinajstić information content (AvgIpc) is 3.00. The maximum Gasteiger partial charge on any atom is 0.443 e. The van der Waals surface area contributed by atoms with Gasteiger partial charge in [0.1, 0.15) is 0 Å². The van der Waals surface area contributed by atoms with E-state index < -0.39 is 74.9 Å². The van der Waals surface area contributed by atoms with Crippen LogP contribution in [0.5, 0.6) is 0 Å². The van der Waals surface area contributed by atoms with Gasteiger partial charge in [0.05, 0.1) is 10.5 Å². The van der Waals surface area contributed by atoms with Crippen LogP contribution in [0, 0.1) is 0 Å². The first-order valence-corrected chi connectivity index (χ1v) is 8.40. The third-order valence-corrected chi connectivity index (χ3v) is 4.80. The van der Waals surface area contributed by atoms with Crippen molar-refractivity contribution >= 4 is 22.8 Å². The zero-order valence-electron chi connectivity index (χ0n) is 14.5. The number of alkyl halides is 12. The Labute approximate surface area is 172 Å². The Kier molecular flexibility index (Phi) is 6.32. The van der Waals surface area contributed by atoms with Crippen LogP contribution < -0.4 is 5.32 Å². The van der Waals surface area contributed by atoms with Crippen LogP contribution in [0.25, 0.3) is 0 Å². The molecule has 1 N–H and O–H groups in total. The summed E-state index contributed by atoms with van der Waals surface area (Å²) in [6.45, 7) is 0. The number of halogens is 13. The molecule has 0 unspecified atom stereocenters. The van der Waals surface area contributed by atoms with E-state index in [1.807, 2.05) is 0 Å². The molecule has 1 aliphatic rings. The minimum atomic E-state index is -6.64. The zero-order chi connectivity index (χ0) is 24.9. The summed E-state index contributed by atoms with van der Waals surface area (Å²) in [5, 5.41) is -0.520. The van der Waals surface area contributed by atoms with E-state index in [-0.39, 0.29) is 6.07 Å². The van der Waals surface area contributed by atoms with Crippen LogP contribution in [0.4, 0.5) is 57.1 Å². The molecule has 1 heterocycles. The number of hydrogen-bond donors (Lipinski definition) is 1. The molecule has 0 bridgehead atoms. The van der Waals surface area contributed by atoms with Gasteiger partial charge >= 0.3 is 24.7 Å². The highest BCUT2D eigenvalue weighted by Gasteiger charge is 2.77. The van der Waals surface area contributed by atoms with Crippen LogP contribution in [0.1, 0.15) is 15.9 Å². The number of aliphatic imine (C=N–C) groups is 1. The molecule has 0 radical (unpaired) electrons. The molecule has 178 valence electrons. The van der Waals surface area contributed by atoms with Crippen LogP contribution in [0.15, 0.2) is 40.0 Å². The summed E-state index contributed by atoms with van der Waals surface area (Å²) < 4.78 is 169. The van der Waals surface area contributed by atoms with Crippen molar-refractivity contribution in [2.24, 2.45) is 4.99 Å². The number of hydrogen-bond acceptors (Lipinski definition) is 3. The Morgan fingerprint density at radius 3 is 1.88 bits per heavy atom. The highest BCUT2D eigenvalue weighted by atomic mass is 32.2. The molecule has 1 aromatic carbocycles. The fourth-order valence-electron chi connectivity index (χ4n) is 2.33. The predicted molar refractivity (Wildman–Crippen MR) is 83.0 cm³/mol. The smallest absolute Gasteiger partial charge is 0.301 e. The van der Waals surface area contributed by atoms with Crippen molar-refractivity contribution < 1.29 is 61.9 Å². The number of nitrogens with one attached hydrogen (secondary N) is 1. The molecule has 0 atom stereocenters. The first kappa shape index (κ1) is 25.8. The topological polar surface area (TPSA) is 41.5 Å². The van der Waals surface area contributed by atoms with E-state index in [2.05, 4.69) is 4.99 Å². The number of thioether (sulfide) groups is 1. The van der Waals surface area contributed by atoms with Gasteiger partial charge in [0.25, 0.3) is 11.4 Å². The molecule has 2 rings (SSSR count). The molecule has 1 aliphatic heterocycles. The van der Waals surface area contributed by atoms with Crippen LogP contribution >= 0.6 is 11.8 Å². The number of carbonyl (C=O) groups excluding carboxylic acids is 1. The maximum absolute atomic E-state index is 13.6. The van der Waals surface area contributed by atoms with Gasteiger partial charge in [-0.2, -0.15) is 52.7 Å². The first-order valence-electron chi connectivity index (χ1n) is 7.59. The standard InChI is InChI=1S/C15H5F13N2OS/c16-7(13(20,21)22)8-11(14(23,24)25,15(26,27)28)30-10(32-8)29-9(31)5-2-1-3-6(4-5)12(17,18)19/h1-4H,(H,29,30,31). The number of nitrogens with zero attached hydrogens (tertiary/aromatic N) is 1. The Morgan fingerprint density at radius 2 is 1.44 bits per heavy atom. The van der Waals surface area contributed by atoms with E-state index in [1.54, 1.807) is 0 Å². The number of rotatable bonds is 1. The Morgan fingerprint density at radius 1 is 0.906 bits per heavy atom. The summed E-state index contributed by atoms with van der Waals surface area (Å²) in [6.07, 6.45) is -24.5. The molecule has 0 saturated carbocycles. The van der Waals surface area contributed by atoms with Gasteiger partial charge in [-0.1, -0.05) is 17.8 Å². The third kappa shape index (κ3) is 4.66. The zero-order valence-corrected chi connectivity index (χ0v) is 15.3. The van der Waals surface area contributed by atoms with Gasteiger partial charge in [0.2, 0.25) is 5.83 Å². The summed E-state index contributed by atoms with van der Waals surface area (Å²) in [6, 6.07) is 2.00. The predicted octanol–water partition coefficient (Wildman–Crippen LogP) is 6.14. The lowest BCUT2D eigenvalue weighted by atomic mass is 9.97. The van der Waals surface area contributed by atoms with Gasteiger partial charge in [-0.25, -0.2) is 9.38 Å². The molecule has 0 aliphatic carbocycles. The minimum absolute atomic E-state index is 0.170. The van der Waals surface area contributed by atoms with Gasteiger partial charge < -0.3 is 5.32 Å². The number of amidine groups is 1. The highest BCUT2D eigenvalue weighted by Crippen LogP contribution is 2.59. The van der Waals surface area contributed by atoms with Crippen molar-refractivity contribution in [1.29, 1.82) is 0 Å². The van der Waals surface area contributed by atoms with Crippen molar-refractivity contribution in [3.8, 4) is 0 Å². The Bertz CT molecular complexity index is 955. The van der Waals surface area contributed by atoms with Gasteiger partial charge in [-0.15, -0.1) is 0 Å². The quantitative estimate of drug-likeness (QED) is 0.463. The van der Waals surface area contributed by atoms with Crippen LogP contribution in [0.2, 0.25) is 0 Å². The molecular formula is C15H5F13N2OS. The van der Waals surface area contributed by atoms with Gasteiger partial charge in [-0.05, 0) is 18.2 Å². The van der Waals surface area contributed by atoms with Crippen molar-refractivity contribution in [2.75, 3.05) is 0 Å². The second kappa shape index (κ2) is 7.84. The normalized spacial score (nSPS) is 19.0. The molecule has 0 aromatic heterocycles. The SMILES string of the molecule is O=C(NC1=NC(C(F)(F)F)(C(F)(F)F)C(=C(F)C(F)(F)F)S1)c1cccc(C(F)(F)F)c1. The fourth-order valence-corrected chi connectivity index (χ4v) is 3.48. The Balaban J connectivity index is 2.58. The first-order chi connectivity index (χ1) is 14.2. The van der Waals surface area contributed by atoms with E-state index in [1.165, 1.54) is 5.32 Å². The second-order valence-corrected chi connectivity index (χ2v) is 6.90. The number of amides is 1. The molecule has 32 heavy (non-hydrogen) atoms. The van der Waals surface area contributed by atoms with E-state index in [9.17, 15) is 61.9 Å². The van der Waals surface area contributed by atoms with E-state index >= 15 is 0 Å². The van der Waals surface area contributed by atoms with Crippen molar-refractivity contribution in [3.05, 3.63) is 46.1 Å². The average molecular weight is 508 g/mol. The molecule has 17 heteroatoms. The Hall–Kier alpha value is -2.46. The number of allylic oxidation sites excluding steroid dienone is 1. The molecule has 1 amide bonds. The molecule has 1 aromatic rings. The number of carbonyl (C=O) groups is 1. The van der Waals surface area contributed by atoms with Crippen molar-refractivity contribution in [2.45, 2.75) is 30.2 Å². The third-order valence-electron chi connectivity index (χ3n) is 3.74. The van der Waals surface area contributed by atoms with E-state index in [0.717, 1.165) is 0 Å². The monoisotopic (exact) mass is 508 g/mol. The number of benzene rings is 1. The highest BCUT2D eigenvalue weighted by molar-refractivity contribution is 8.17. The molecule has 0 saturated heterocycles. The minimum Gasteiger partial charge on any atom is -0.301 e. The van der Waals surface area contributed by atoms with Crippen LogP contribution in [-0.2, 0) is 6.18 Å². The maximum atomic E-state index is 13.6. The van der Waals surface area contributed by atoms with E-state index in [0.29, 0.717) is 18.2 Å². The van der Waals surface area contributed by atoms with Gasteiger partial charge in [0, 0.05) is 5.56 Å². The second-order valence-electron chi connectivity index (χ2n) is 5.90. The van der Waals surface area contributed by atoms with Crippen LogP contribution in [-0.4, -0.2) is 35.1 Å². The van der Waals surface area contributed by atoms with Crippen molar-refractivity contribution in [3.63, 3.8) is 0 Å². The van der Waals surface area contributed by atoms with E-state index in [4.69, 9.17) is 0 Å². The summed E-state index contributed by atoms with van der Waals surface area (Å²) in [5.41, 5.74) is -8.06.